The molecule has 2 amide bonds. The molecule has 10 heteroatoms. The fraction of sp³-hybridized carbons (Fsp3) is 0.241. The molecule has 200 valence electrons. The first kappa shape index (κ1) is 26.4. The van der Waals surface area contributed by atoms with Gasteiger partial charge in [0.05, 0.1) is 24.2 Å². The van der Waals surface area contributed by atoms with Crippen LogP contribution in [0.15, 0.2) is 79.5 Å². The molecule has 0 saturated heterocycles. The van der Waals surface area contributed by atoms with Crippen LogP contribution in [0.2, 0.25) is 5.02 Å². The smallest absolute Gasteiger partial charge is 0.255 e. The molecule has 39 heavy (non-hydrogen) atoms. The van der Waals surface area contributed by atoms with Gasteiger partial charge in [-0.3, -0.25) is 14.6 Å². The summed E-state index contributed by atoms with van der Waals surface area (Å²) in [4.78, 5) is 33.8. The molecule has 3 heterocycles. The zero-order chi connectivity index (χ0) is 27.2. The number of imidazole rings is 1. The Kier molecular flexibility index (Phi) is 8.19. The number of nitrogens with two attached hydrogens (primary N) is 1. The lowest BCUT2D eigenvalue weighted by Gasteiger charge is -2.28. The SMILES string of the molecule is NC(=O)[C@H](Cc1ccc(Cl)cc1)NC(=O)c1cccc2c1OCCC2NCc1cncn1Cc1ccncc1. The van der Waals surface area contributed by atoms with E-state index in [9.17, 15) is 9.59 Å². The Morgan fingerprint density at radius 3 is 2.64 bits per heavy atom. The van der Waals surface area contributed by atoms with Crippen LogP contribution in [-0.2, 0) is 24.3 Å². The number of halogens is 1. The van der Waals surface area contributed by atoms with Crippen LogP contribution < -0.4 is 21.1 Å². The van der Waals surface area contributed by atoms with Gasteiger partial charge in [0.25, 0.3) is 5.91 Å². The first-order valence-corrected chi connectivity index (χ1v) is 13.1. The van der Waals surface area contributed by atoms with E-state index in [2.05, 4.69) is 25.2 Å². The number of pyridine rings is 1. The first-order chi connectivity index (χ1) is 19.0. The molecule has 1 unspecified atom stereocenters. The number of aromatic nitrogens is 3. The molecule has 2 aromatic carbocycles. The van der Waals surface area contributed by atoms with E-state index in [-0.39, 0.29) is 12.5 Å². The quantitative estimate of drug-likeness (QED) is 0.281. The van der Waals surface area contributed by atoms with Crippen LogP contribution >= 0.6 is 11.6 Å². The number of hydrogen-bond donors (Lipinski definition) is 3. The Bertz CT molecular complexity index is 1440. The Morgan fingerprint density at radius 2 is 1.87 bits per heavy atom. The molecule has 0 radical (unpaired) electrons. The Morgan fingerprint density at radius 1 is 1.08 bits per heavy atom. The van der Waals surface area contributed by atoms with Crippen molar-refractivity contribution in [1.82, 2.24) is 25.2 Å². The summed E-state index contributed by atoms with van der Waals surface area (Å²) in [6.07, 6.45) is 8.23. The van der Waals surface area contributed by atoms with E-state index in [0.29, 0.717) is 36.0 Å². The zero-order valence-electron chi connectivity index (χ0n) is 21.2. The monoisotopic (exact) mass is 544 g/mol. The van der Waals surface area contributed by atoms with Crippen LogP contribution in [0.25, 0.3) is 0 Å². The molecule has 0 spiro atoms. The number of para-hydroxylation sites is 1. The van der Waals surface area contributed by atoms with Gasteiger partial charge in [-0.25, -0.2) is 4.98 Å². The number of nitrogens with zero attached hydrogens (tertiary/aromatic N) is 3. The third-order valence-electron chi connectivity index (χ3n) is 6.75. The van der Waals surface area contributed by atoms with Crippen LogP contribution in [0.1, 0.15) is 45.2 Å². The van der Waals surface area contributed by atoms with Gasteiger partial charge in [-0.15, -0.1) is 0 Å². The van der Waals surface area contributed by atoms with Gasteiger partial charge in [0.15, 0.2) is 0 Å². The van der Waals surface area contributed by atoms with Crippen LogP contribution in [0.5, 0.6) is 5.75 Å². The zero-order valence-corrected chi connectivity index (χ0v) is 22.0. The second kappa shape index (κ2) is 12.1. The highest BCUT2D eigenvalue weighted by Crippen LogP contribution is 2.35. The topological polar surface area (TPSA) is 124 Å². The number of nitrogens with one attached hydrogen (secondary N) is 2. The molecule has 5 rings (SSSR count). The highest BCUT2D eigenvalue weighted by molar-refractivity contribution is 6.30. The lowest BCUT2D eigenvalue weighted by Crippen LogP contribution is -2.46. The predicted molar refractivity (Wildman–Crippen MR) is 147 cm³/mol. The van der Waals surface area contributed by atoms with Gasteiger partial charge < -0.3 is 25.7 Å². The molecule has 1 aliphatic rings. The molecule has 0 fully saturated rings. The van der Waals surface area contributed by atoms with Gasteiger partial charge in [-0.05, 0) is 41.5 Å². The molecule has 4 N–H and O–H groups in total. The van der Waals surface area contributed by atoms with Crippen molar-refractivity contribution in [2.75, 3.05) is 6.61 Å². The summed E-state index contributed by atoms with van der Waals surface area (Å²) in [5.41, 5.74) is 9.89. The molecular formula is C29H29ClN6O3. The van der Waals surface area contributed by atoms with Gasteiger partial charge >= 0.3 is 0 Å². The van der Waals surface area contributed by atoms with Crippen molar-refractivity contribution < 1.29 is 14.3 Å². The van der Waals surface area contributed by atoms with Crippen molar-refractivity contribution in [3.63, 3.8) is 0 Å². The second-order valence-corrected chi connectivity index (χ2v) is 9.86. The number of ether oxygens (including phenoxy) is 1. The van der Waals surface area contributed by atoms with Crippen molar-refractivity contribution in [3.8, 4) is 5.75 Å². The van der Waals surface area contributed by atoms with Gasteiger partial charge in [-0.2, -0.15) is 0 Å². The number of carbonyl (C=O) groups is 2. The van der Waals surface area contributed by atoms with Gasteiger partial charge in [0.1, 0.15) is 11.8 Å². The number of rotatable bonds is 10. The third kappa shape index (κ3) is 6.45. The normalized spacial score (nSPS) is 15.2. The summed E-state index contributed by atoms with van der Waals surface area (Å²) in [6.45, 7) is 1.75. The van der Waals surface area contributed by atoms with E-state index in [1.54, 1.807) is 42.7 Å². The van der Waals surface area contributed by atoms with E-state index in [1.807, 2.05) is 36.8 Å². The molecule has 0 bridgehead atoms. The Balaban J connectivity index is 1.28. The standard InChI is InChI=1S/C29H29ClN6O3/c30-21-6-4-19(5-7-21)14-26(28(31)37)35-29(38)24-3-1-2-23-25(10-13-39-27(23)24)34-16-22-15-33-18-36(22)17-20-8-11-32-12-9-20/h1-9,11-12,15,18,25-26,34H,10,13-14,16-17H2,(H2,31,37)(H,35,38)/t25?,26-/m0/s1. The van der Waals surface area contributed by atoms with Crippen LogP contribution in [0.4, 0.5) is 0 Å². The minimum Gasteiger partial charge on any atom is -0.492 e. The van der Waals surface area contributed by atoms with Gasteiger partial charge in [0.2, 0.25) is 5.91 Å². The molecular weight excluding hydrogens is 516 g/mol. The number of hydrogen-bond acceptors (Lipinski definition) is 6. The van der Waals surface area contributed by atoms with E-state index in [0.717, 1.165) is 28.8 Å². The maximum absolute atomic E-state index is 13.3. The summed E-state index contributed by atoms with van der Waals surface area (Å²) >= 11 is 5.96. The average molecular weight is 545 g/mol. The van der Waals surface area contributed by atoms with Crippen molar-refractivity contribution in [2.45, 2.75) is 38.0 Å². The number of primary amides is 1. The second-order valence-electron chi connectivity index (χ2n) is 9.42. The molecule has 0 saturated carbocycles. The Hall–Kier alpha value is -4.21. The number of amides is 2. The minimum absolute atomic E-state index is 0.0215. The van der Waals surface area contributed by atoms with Crippen molar-refractivity contribution in [3.05, 3.63) is 112 Å². The molecule has 0 aliphatic carbocycles. The lowest BCUT2D eigenvalue weighted by atomic mass is 9.96. The lowest BCUT2D eigenvalue weighted by molar-refractivity contribution is -0.119. The molecule has 1 aliphatic heterocycles. The fourth-order valence-corrected chi connectivity index (χ4v) is 4.81. The highest BCUT2D eigenvalue weighted by Gasteiger charge is 2.28. The maximum atomic E-state index is 13.3. The largest absolute Gasteiger partial charge is 0.492 e. The first-order valence-electron chi connectivity index (χ1n) is 12.7. The maximum Gasteiger partial charge on any atom is 0.255 e. The fourth-order valence-electron chi connectivity index (χ4n) is 4.68. The van der Waals surface area contributed by atoms with Crippen molar-refractivity contribution >= 4 is 23.4 Å². The predicted octanol–water partition coefficient (Wildman–Crippen LogP) is 3.42. The van der Waals surface area contributed by atoms with Crippen molar-refractivity contribution in [2.24, 2.45) is 5.73 Å². The van der Waals surface area contributed by atoms with Gasteiger partial charge in [-0.1, -0.05) is 35.9 Å². The van der Waals surface area contributed by atoms with Crippen LogP contribution in [0.3, 0.4) is 0 Å². The average Bonchev–Trinajstić information content (AvgIpc) is 3.39. The summed E-state index contributed by atoms with van der Waals surface area (Å²) < 4.78 is 8.06. The molecule has 9 nitrogen and oxygen atoms in total. The van der Waals surface area contributed by atoms with E-state index >= 15 is 0 Å². The van der Waals surface area contributed by atoms with Crippen molar-refractivity contribution in [1.29, 1.82) is 0 Å². The minimum atomic E-state index is -0.882. The summed E-state index contributed by atoms with van der Waals surface area (Å²) in [5, 5.41) is 6.97. The van der Waals surface area contributed by atoms with Crippen LogP contribution in [0, 0.1) is 0 Å². The summed E-state index contributed by atoms with van der Waals surface area (Å²) in [7, 11) is 0. The van der Waals surface area contributed by atoms with Gasteiger partial charge in [0, 0.05) is 61.1 Å². The molecule has 2 atom stereocenters. The Labute approximate surface area is 231 Å². The summed E-state index contributed by atoms with van der Waals surface area (Å²) in [6, 6.07) is 15.6. The molecule has 4 aromatic rings. The molecule has 2 aromatic heterocycles. The van der Waals surface area contributed by atoms with E-state index in [1.165, 1.54) is 0 Å². The van der Waals surface area contributed by atoms with E-state index < -0.39 is 17.9 Å². The summed E-state index contributed by atoms with van der Waals surface area (Å²) in [5.74, 6) is -0.522. The van der Waals surface area contributed by atoms with E-state index in [4.69, 9.17) is 22.1 Å². The number of benzene rings is 2. The third-order valence-corrected chi connectivity index (χ3v) is 7.00. The van der Waals surface area contributed by atoms with Crippen LogP contribution in [-0.4, -0.2) is 39.0 Å². The number of carbonyl (C=O) groups excluding carboxylic acids is 2. The number of fused-ring (bicyclic) bond motifs is 1. The highest BCUT2D eigenvalue weighted by atomic mass is 35.5.